The summed E-state index contributed by atoms with van der Waals surface area (Å²) in [4.78, 5) is 15.7. The highest BCUT2D eigenvalue weighted by atomic mass is 32.1. The van der Waals surface area contributed by atoms with Crippen molar-refractivity contribution in [3.05, 3.63) is 0 Å². The molecule has 0 spiro atoms. The van der Waals surface area contributed by atoms with Gasteiger partial charge in [-0.25, -0.2) is 0 Å². The highest BCUT2D eigenvalue weighted by Crippen LogP contribution is 2.18. The third-order valence-corrected chi connectivity index (χ3v) is 3.35. The van der Waals surface area contributed by atoms with E-state index in [0.29, 0.717) is 18.2 Å². The van der Waals surface area contributed by atoms with Crippen LogP contribution in [-0.4, -0.2) is 55.2 Å². The molecule has 3 nitrogen and oxygen atoms in total. The van der Waals surface area contributed by atoms with Gasteiger partial charge in [-0.15, -0.1) is 0 Å². The maximum atomic E-state index is 11.6. The monoisotopic (exact) mass is 230 g/mol. The molecular formula is C11H22N2OS. The minimum absolute atomic E-state index is 0.318. The van der Waals surface area contributed by atoms with E-state index in [1.807, 2.05) is 4.90 Å². The number of nitrogens with zero attached hydrogens (tertiary/aromatic N) is 2. The van der Waals surface area contributed by atoms with Crippen molar-refractivity contribution >= 4 is 18.5 Å². The smallest absolute Gasteiger partial charge is 0.222 e. The molecule has 0 aromatic heterocycles. The Bertz CT molecular complexity index is 209. The van der Waals surface area contributed by atoms with E-state index in [9.17, 15) is 4.79 Å². The largest absolute Gasteiger partial charge is 0.342 e. The summed E-state index contributed by atoms with van der Waals surface area (Å²) in [7, 11) is 4.16. The molecule has 1 aliphatic heterocycles. The van der Waals surface area contributed by atoms with E-state index in [1.54, 1.807) is 0 Å². The Morgan fingerprint density at radius 2 is 2.20 bits per heavy atom. The summed E-state index contributed by atoms with van der Waals surface area (Å²) in [6.07, 6.45) is 2.99. The van der Waals surface area contributed by atoms with Gasteiger partial charge in [0, 0.05) is 19.5 Å². The van der Waals surface area contributed by atoms with Crippen molar-refractivity contribution in [1.29, 1.82) is 0 Å². The molecule has 1 rings (SSSR count). The lowest BCUT2D eigenvalue weighted by Gasteiger charge is -2.17. The van der Waals surface area contributed by atoms with Gasteiger partial charge in [0.25, 0.3) is 0 Å². The van der Waals surface area contributed by atoms with Crippen LogP contribution in [-0.2, 0) is 4.79 Å². The Balaban J connectivity index is 2.14. The van der Waals surface area contributed by atoms with Gasteiger partial charge in [0.1, 0.15) is 0 Å². The molecule has 0 aliphatic carbocycles. The average molecular weight is 230 g/mol. The molecule has 1 saturated heterocycles. The van der Waals surface area contributed by atoms with Crippen molar-refractivity contribution in [3.8, 4) is 0 Å². The molecular weight excluding hydrogens is 208 g/mol. The van der Waals surface area contributed by atoms with Crippen molar-refractivity contribution in [2.24, 2.45) is 5.92 Å². The van der Waals surface area contributed by atoms with E-state index in [2.05, 4.69) is 31.6 Å². The maximum Gasteiger partial charge on any atom is 0.222 e. The predicted molar refractivity (Wildman–Crippen MR) is 66.3 cm³/mol. The first kappa shape index (κ1) is 12.8. The molecule has 0 saturated carbocycles. The number of hydrogen-bond donors (Lipinski definition) is 1. The molecule has 0 aromatic carbocycles. The summed E-state index contributed by atoms with van der Waals surface area (Å²) in [5, 5.41) is 0. The lowest BCUT2D eigenvalue weighted by atomic mass is 10.1. The highest BCUT2D eigenvalue weighted by Gasteiger charge is 2.27. The summed E-state index contributed by atoms with van der Waals surface area (Å²) in [6, 6.07) is 0. The lowest BCUT2D eigenvalue weighted by Crippen LogP contribution is -2.27. The van der Waals surface area contributed by atoms with Crippen LogP contribution in [0.1, 0.15) is 19.3 Å². The van der Waals surface area contributed by atoms with Crippen LogP contribution in [0.25, 0.3) is 0 Å². The Kier molecular flexibility index (Phi) is 5.47. The van der Waals surface area contributed by atoms with Crippen LogP contribution in [0.2, 0.25) is 0 Å². The second-order valence-corrected chi connectivity index (χ2v) is 4.97. The SMILES string of the molecule is CN(C)CCCCN1CC(CS)CC1=O. The molecule has 0 N–H and O–H groups in total. The first-order valence-electron chi connectivity index (χ1n) is 5.67. The normalized spacial score (nSPS) is 21.7. The number of thiol groups is 1. The molecule has 1 aliphatic rings. The van der Waals surface area contributed by atoms with Crippen LogP contribution in [0.3, 0.4) is 0 Å². The summed E-state index contributed by atoms with van der Waals surface area (Å²) in [5.41, 5.74) is 0. The zero-order valence-electron chi connectivity index (χ0n) is 9.78. The molecule has 1 fully saturated rings. The lowest BCUT2D eigenvalue weighted by molar-refractivity contribution is -0.127. The third kappa shape index (κ3) is 4.43. The van der Waals surface area contributed by atoms with Crippen LogP contribution >= 0.6 is 12.6 Å². The van der Waals surface area contributed by atoms with Gasteiger partial charge < -0.3 is 9.80 Å². The van der Waals surface area contributed by atoms with Gasteiger partial charge in [0.2, 0.25) is 5.91 Å². The van der Waals surface area contributed by atoms with Gasteiger partial charge in [-0.05, 0) is 45.2 Å². The standard InChI is InChI=1S/C11H22N2OS/c1-12(2)5-3-4-6-13-8-10(9-15)7-11(13)14/h10,15H,3-9H2,1-2H3. The van der Waals surface area contributed by atoms with Gasteiger partial charge in [-0.2, -0.15) is 12.6 Å². The van der Waals surface area contributed by atoms with Crippen molar-refractivity contribution in [3.63, 3.8) is 0 Å². The minimum Gasteiger partial charge on any atom is -0.342 e. The van der Waals surface area contributed by atoms with E-state index in [-0.39, 0.29) is 0 Å². The number of hydrogen-bond acceptors (Lipinski definition) is 3. The van der Waals surface area contributed by atoms with Gasteiger partial charge in [-0.3, -0.25) is 4.79 Å². The maximum absolute atomic E-state index is 11.6. The summed E-state index contributed by atoms with van der Waals surface area (Å²) in [5.74, 6) is 1.63. The van der Waals surface area contributed by atoms with Crippen molar-refractivity contribution < 1.29 is 4.79 Å². The van der Waals surface area contributed by atoms with Crippen molar-refractivity contribution in [1.82, 2.24) is 9.80 Å². The van der Waals surface area contributed by atoms with Crippen molar-refractivity contribution in [2.75, 3.05) is 39.5 Å². The molecule has 0 radical (unpaired) electrons. The second kappa shape index (κ2) is 6.38. The quantitative estimate of drug-likeness (QED) is 0.546. The minimum atomic E-state index is 0.318. The molecule has 1 unspecified atom stereocenters. The first-order valence-corrected chi connectivity index (χ1v) is 6.30. The number of likely N-dealkylation sites (tertiary alicyclic amines) is 1. The molecule has 0 aromatic rings. The Morgan fingerprint density at radius 3 is 2.73 bits per heavy atom. The molecule has 1 amide bonds. The van der Waals surface area contributed by atoms with E-state index in [4.69, 9.17) is 0 Å². The molecule has 15 heavy (non-hydrogen) atoms. The topological polar surface area (TPSA) is 23.6 Å². The highest BCUT2D eigenvalue weighted by molar-refractivity contribution is 7.80. The molecule has 1 heterocycles. The van der Waals surface area contributed by atoms with Crippen LogP contribution in [0.4, 0.5) is 0 Å². The number of unbranched alkanes of at least 4 members (excludes halogenated alkanes) is 1. The molecule has 1 atom stereocenters. The summed E-state index contributed by atoms with van der Waals surface area (Å²) in [6.45, 7) is 2.96. The zero-order chi connectivity index (χ0) is 11.3. The van der Waals surface area contributed by atoms with E-state index < -0.39 is 0 Å². The van der Waals surface area contributed by atoms with Crippen molar-refractivity contribution in [2.45, 2.75) is 19.3 Å². The number of carbonyl (C=O) groups excluding carboxylic acids is 1. The zero-order valence-corrected chi connectivity index (χ0v) is 10.7. The van der Waals surface area contributed by atoms with Crippen LogP contribution in [0.5, 0.6) is 0 Å². The Labute approximate surface area is 98.2 Å². The fourth-order valence-corrected chi connectivity index (χ4v) is 2.17. The van der Waals surface area contributed by atoms with Crippen LogP contribution in [0.15, 0.2) is 0 Å². The number of rotatable bonds is 6. The fourth-order valence-electron chi connectivity index (χ4n) is 1.92. The van der Waals surface area contributed by atoms with Gasteiger partial charge in [-0.1, -0.05) is 0 Å². The molecule has 88 valence electrons. The summed E-state index contributed by atoms with van der Waals surface area (Å²) < 4.78 is 0. The van der Waals surface area contributed by atoms with Gasteiger partial charge in [0.05, 0.1) is 0 Å². The molecule has 4 heteroatoms. The Hall–Kier alpha value is -0.220. The van der Waals surface area contributed by atoms with E-state index in [0.717, 1.165) is 31.8 Å². The molecule has 0 bridgehead atoms. The van der Waals surface area contributed by atoms with Gasteiger partial charge in [0.15, 0.2) is 0 Å². The predicted octanol–water partition coefficient (Wildman–Crippen LogP) is 1.11. The number of amides is 1. The average Bonchev–Trinajstić information content (AvgIpc) is 2.54. The second-order valence-electron chi connectivity index (χ2n) is 4.60. The van der Waals surface area contributed by atoms with Gasteiger partial charge >= 0.3 is 0 Å². The summed E-state index contributed by atoms with van der Waals surface area (Å²) >= 11 is 4.25. The van der Waals surface area contributed by atoms with E-state index in [1.165, 1.54) is 6.42 Å². The van der Waals surface area contributed by atoms with E-state index >= 15 is 0 Å². The Morgan fingerprint density at radius 1 is 1.47 bits per heavy atom. The third-order valence-electron chi connectivity index (χ3n) is 2.84. The fraction of sp³-hybridized carbons (Fsp3) is 0.909. The van der Waals surface area contributed by atoms with Crippen LogP contribution in [0, 0.1) is 5.92 Å². The first-order chi connectivity index (χ1) is 7.13. The van der Waals surface area contributed by atoms with Crippen LogP contribution < -0.4 is 0 Å². The number of carbonyl (C=O) groups is 1.